The third-order valence-corrected chi connectivity index (χ3v) is 7.76. The van der Waals surface area contributed by atoms with Gasteiger partial charge in [-0.3, -0.25) is 9.10 Å². The minimum atomic E-state index is -3.90. The van der Waals surface area contributed by atoms with Crippen LogP contribution in [0.3, 0.4) is 0 Å². The van der Waals surface area contributed by atoms with Crippen LogP contribution < -0.4 is 9.62 Å². The molecule has 2 aromatic rings. The molecule has 1 aromatic heterocycles. The van der Waals surface area contributed by atoms with Gasteiger partial charge in [0.15, 0.2) is 0 Å². The van der Waals surface area contributed by atoms with Gasteiger partial charge in [-0.25, -0.2) is 12.8 Å². The molecule has 0 unspecified atom stereocenters. The maximum atomic E-state index is 13.3. The van der Waals surface area contributed by atoms with Gasteiger partial charge in [0.05, 0.1) is 5.69 Å². The fourth-order valence-corrected chi connectivity index (χ4v) is 5.69. The van der Waals surface area contributed by atoms with Gasteiger partial charge in [-0.2, -0.15) is 0 Å². The van der Waals surface area contributed by atoms with Crippen molar-refractivity contribution in [2.45, 2.75) is 23.5 Å². The molecular formula is C19H24FN3O3S2. The molecule has 6 nitrogen and oxygen atoms in total. The number of carbonyl (C=O) groups excluding carboxylic acids is 1. The standard InChI is InChI=1S/C19H24FN3O3S2/c20-16-6-8-17(9-7-16)23(28(25,26)19-5-3-14-27-19)15-18(24)21-10-4-13-22-11-1-2-12-22/h3,5-9,14H,1-2,4,10-13,15H2,(H,21,24). The third kappa shape index (κ3) is 5.30. The predicted octanol–water partition coefficient (Wildman–Crippen LogP) is 2.68. The minimum absolute atomic E-state index is 0.138. The summed E-state index contributed by atoms with van der Waals surface area (Å²) in [6.45, 7) is 3.27. The third-order valence-electron chi connectivity index (χ3n) is 4.61. The number of benzene rings is 1. The first-order valence-corrected chi connectivity index (χ1v) is 11.6. The summed E-state index contributed by atoms with van der Waals surface area (Å²) in [5.41, 5.74) is 0.252. The van der Waals surface area contributed by atoms with Gasteiger partial charge in [0.1, 0.15) is 16.6 Å². The molecule has 3 rings (SSSR count). The lowest BCUT2D eigenvalue weighted by Gasteiger charge is -2.23. The van der Waals surface area contributed by atoms with Crippen LogP contribution in [0.15, 0.2) is 46.0 Å². The highest BCUT2D eigenvalue weighted by atomic mass is 32.2. The monoisotopic (exact) mass is 425 g/mol. The van der Waals surface area contributed by atoms with Crippen LogP contribution in [0.25, 0.3) is 0 Å². The Hall–Kier alpha value is -1.97. The molecule has 9 heteroatoms. The molecule has 1 N–H and O–H groups in total. The smallest absolute Gasteiger partial charge is 0.274 e. The fourth-order valence-electron chi connectivity index (χ4n) is 3.16. The Kier molecular flexibility index (Phi) is 7.03. The van der Waals surface area contributed by atoms with Crippen molar-refractivity contribution < 1.29 is 17.6 Å². The number of sulfonamides is 1. The predicted molar refractivity (Wildman–Crippen MR) is 109 cm³/mol. The van der Waals surface area contributed by atoms with Crippen molar-refractivity contribution in [2.75, 3.05) is 37.0 Å². The van der Waals surface area contributed by atoms with E-state index in [0.29, 0.717) is 6.54 Å². The van der Waals surface area contributed by atoms with Crippen molar-refractivity contribution in [2.24, 2.45) is 0 Å². The lowest BCUT2D eigenvalue weighted by atomic mass is 10.3. The number of anilines is 1. The maximum Gasteiger partial charge on any atom is 0.274 e. The van der Waals surface area contributed by atoms with Crippen molar-refractivity contribution in [1.29, 1.82) is 0 Å². The summed E-state index contributed by atoms with van der Waals surface area (Å²) >= 11 is 1.08. The number of carbonyl (C=O) groups is 1. The molecule has 0 spiro atoms. The van der Waals surface area contributed by atoms with E-state index in [4.69, 9.17) is 0 Å². The Labute approximate surface area is 169 Å². The molecule has 0 aliphatic carbocycles. The second-order valence-corrected chi connectivity index (χ2v) is 9.71. The summed E-state index contributed by atoms with van der Waals surface area (Å²) in [7, 11) is -3.90. The zero-order valence-electron chi connectivity index (χ0n) is 15.5. The van der Waals surface area contributed by atoms with E-state index >= 15 is 0 Å². The van der Waals surface area contributed by atoms with Gasteiger partial charge >= 0.3 is 0 Å². The molecule has 1 amide bonds. The van der Waals surface area contributed by atoms with Gasteiger partial charge in [0.25, 0.3) is 10.0 Å². The first kappa shape index (κ1) is 20.8. The lowest BCUT2D eigenvalue weighted by Crippen LogP contribution is -2.41. The van der Waals surface area contributed by atoms with E-state index in [1.54, 1.807) is 11.4 Å². The second-order valence-electron chi connectivity index (χ2n) is 6.67. The molecular weight excluding hydrogens is 401 g/mol. The number of rotatable bonds is 9. The molecule has 0 radical (unpaired) electrons. The summed E-state index contributed by atoms with van der Waals surface area (Å²) in [4.78, 5) is 14.8. The van der Waals surface area contributed by atoms with Crippen LogP contribution >= 0.6 is 11.3 Å². The van der Waals surface area contributed by atoms with Crippen LogP contribution in [0.1, 0.15) is 19.3 Å². The summed E-state index contributed by atoms with van der Waals surface area (Å²) < 4.78 is 40.4. The van der Waals surface area contributed by atoms with E-state index in [1.807, 2.05) is 0 Å². The molecule has 0 saturated carbocycles. The van der Waals surface area contributed by atoms with Crippen LogP contribution in [-0.4, -0.2) is 51.9 Å². The topological polar surface area (TPSA) is 69.7 Å². The Morgan fingerprint density at radius 2 is 1.89 bits per heavy atom. The van der Waals surface area contributed by atoms with E-state index in [2.05, 4.69) is 10.2 Å². The van der Waals surface area contributed by atoms with Gasteiger partial charge in [-0.1, -0.05) is 6.07 Å². The number of hydrogen-bond donors (Lipinski definition) is 1. The van der Waals surface area contributed by atoms with Gasteiger partial charge in [0.2, 0.25) is 5.91 Å². The number of halogens is 1. The summed E-state index contributed by atoms with van der Waals surface area (Å²) in [5.74, 6) is -0.852. The Bertz CT molecular complexity index is 864. The second kappa shape index (κ2) is 9.49. The molecule has 1 saturated heterocycles. The molecule has 2 heterocycles. The van der Waals surface area contributed by atoms with E-state index in [0.717, 1.165) is 41.7 Å². The summed E-state index contributed by atoms with van der Waals surface area (Å²) in [5, 5.41) is 4.45. The van der Waals surface area contributed by atoms with Crippen molar-refractivity contribution in [3.63, 3.8) is 0 Å². The average Bonchev–Trinajstić information content (AvgIpc) is 3.38. The molecule has 152 valence electrons. The first-order valence-electron chi connectivity index (χ1n) is 9.28. The number of thiophene rings is 1. The van der Waals surface area contributed by atoms with Gasteiger partial charge in [0, 0.05) is 6.54 Å². The number of hydrogen-bond acceptors (Lipinski definition) is 5. The van der Waals surface area contributed by atoms with Crippen molar-refractivity contribution in [1.82, 2.24) is 10.2 Å². The Morgan fingerprint density at radius 3 is 2.54 bits per heavy atom. The zero-order valence-corrected chi connectivity index (χ0v) is 17.1. The van der Waals surface area contributed by atoms with Crippen LogP contribution in [0.5, 0.6) is 0 Å². The fraction of sp³-hybridized carbons (Fsp3) is 0.421. The van der Waals surface area contributed by atoms with Crippen molar-refractivity contribution in [3.8, 4) is 0 Å². The van der Waals surface area contributed by atoms with E-state index in [9.17, 15) is 17.6 Å². The van der Waals surface area contributed by atoms with Crippen molar-refractivity contribution in [3.05, 3.63) is 47.6 Å². The van der Waals surface area contributed by atoms with Crippen LogP contribution in [0.4, 0.5) is 10.1 Å². The maximum absolute atomic E-state index is 13.3. The summed E-state index contributed by atoms with van der Waals surface area (Å²) in [6.07, 6.45) is 3.26. The van der Waals surface area contributed by atoms with Gasteiger partial charge < -0.3 is 10.2 Å². The molecule has 28 heavy (non-hydrogen) atoms. The highest BCUT2D eigenvalue weighted by Crippen LogP contribution is 2.26. The number of likely N-dealkylation sites (tertiary alicyclic amines) is 1. The van der Waals surface area contributed by atoms with Crippen LogP contribution in [0.2, 0.25) is 0 Å². The number of amides is 1. The van der Waals surface area contributed by atoms with E-state index in [1.165, 1.54) is 43.2 Å². The summed E-state index contributed by atoms with van der Waals surface area (Å²) in [6, 6.07) is 8.21. The Balaban J connectivity index is 1.65. The van der Waals surface area contributed by atoms with Crippen LogP contribution in [0, 0.1) is 5.82 Å². The van der Waals surface area contributed by atoms with Gasteiger partial charge in [-0.05, 0) is 74.6 Å². The highest BCUT2D eigenvalue weighted by molar-refractivity contribution is 7.94. The van der Waals surface area contributed by atoms with E-state index in [-0.39, 0.29) is 22.3 Å². The highest BCUT2D eigenvalue weighted by Gasteiger charge is 2.28. The number of nitrogens with one attached hydrogen (secondary N) is 1. The zero-order chi connectivity index (χ0) is 20.0. The SMILES string of the molecule is O=C(CN(c1ccc(F)cc1)S(=O)(=O)c1cccs1)NCCCN1CCCC1. The largest absolute Gasteiger partial charge is 0.354 e. The quantitative estimate of drug-likeness (QED) is 0.627. The average molecular weight is 426 g/mol. The van der Waals surface area contributed by atoms with Crippen molar-refractivity contribution >= 4 is 33.0 Å². The first-order chi connectivity index (χ1) is 13.5. The Morgan fingerprint density at radius 1 is 1.18 bits per heavy atom. The molecule has 1 aromatic carbocycles. The molecule has 1 aliphatic rings. The lowest BCUT2D eigenvalue weighted by molar-refractivity contribution is -0.119. The number of nitrogens with zero attached hydrogens (tertiary/aromatic N) is 2. The van der Waals surface area contributed by atoms with Gasteiger partial charge in [-0.15, -0.1) is 11.3 Å². The molecule has 0 bridgehead atoms. The normalized spacial score (nSPS) is 14.9. The molecule has 1 fully saturated rings. The molecule has 0 atom stereocenters. The van der Waals surface area contributed by atoms with Crippen LogP contribution in [-0.2, 0) is 14.8 Å². The minimum Gasteiger partial charge on any atom is -0.354 e. The molecule has 1 aliphatic heterocycles. The van der Waals surface area contributed by atoms with E-state index < -0.39 is 15.8 Å².